The van der Waals surface area contributed by atoms with Gasteiger partial charge in [0.2, 0.25) is 0 Å². The first kappa shape index (κ1) is 23.5. The number of amides is 1. The van der Waals surface area contributed by atoms with Gasteiger partial charge in [0.1, 0.15) is 5.82 Å². The molecule has 1 aliphatic rings. The normalized spacial score (nSPS) is 15.9. The molecule has 1 aromatic heterocycles. The van der Waals surface area contributed by atoms with Crippen molar-refractivity contribution in [3.05, 3.63) is 69.8 Å². The summed E-state index contributed by atoms with van der Waals surface area (Å²) in [7, 11) is 0. The number of aromatic nitrogens is 2. The third-order valence-electron chi connectivity index (χ3n) is 6.44. The molecule has 0 aliphatic carbocycles. The van der Waals surface area contributed by atoms with Crippen molar-refractivity contribution in [3.8, 4) is 12.3 Å². The Bertz CT molecular complexity index is 1260. The number of nitrogens with one attached hydrogen (secondary N) is 2. The lowest BCUT2D eigenvalue weighted by Gasteiger charge is -2.24. The number of likely N-dealkylation sites (tertiary alicyclic amines) is 1. The van der Waals surface area contributed by atoms with E-state index in [0.29, 0.717) is 48.0 Å². The first-order valence-electron chi connectivity index (χ1n) is 11.8. The van der Waals surface area contributed by atoms with Crippen LogP contribution >= 0.6 is 0 Å². The number of carbonyl (C=O) groups excluding carboxylic acids is 1. The summed E-state index contributed by atoms with van der Waals surface area (Å²) in [4.78, 5) is 36.6. The van der Waals surface area contributed by atoms with Crippen LogP contribution in [0.4, 0.5) is 5.69 Å². The molecule has 3 aromatic rings. The van der Waals surface area contributed by atoms with Crippen LogP contribution in [0.5, 0.6) is 0 Å². The van der Waals surface area contributed by atoms with Gasteiger partial charge in [0.05, 0.1) is 17.4 Å². The summed E-state index contributed by atoms with van der Waals surface area (Å²) in [6.07, 6.45) is 7.95. The van der Waals surface area contributed by atoms with Crippen molar-refractivity contribution in [1.29, 1.82) is 0 Å². The zero-order valence-corrected chi connectivity index (χ0v) is 19.8. The van der Waals surface area contributed by atoms with E-state index in [2.05, 4.69) is 33.0 Å². The first-order valence-corrected chi connectivity index (χ1v) is 11.8. The van der Waals surface area contributed by atoms with Gasteiger partial charge in [0, 0.05) is 30.4 Å². The topological polar surface area (TPSA) is 81.3 Å². The summed E-state index contributed by atoms with van der Waals surface area (Å²) in [5, 5.41) is 3.64. The van der Waals surface area contributed by atoms with Crippen LogP contribution in [0.2, 0.25) is 0 Å². The largest absolute Gasteiger partial charge is 0.356 e. The number of H-pyrrole nitrogens is 1. The predicted molar refractivity (Wildman–Crippen MR) is 136 cm³/mol. The molecular formula is C27H31N5O2. The fourth-order valence-corrected chi connectivity index (χ4v) is 4.65. The lowest BCUT2D eigenvalue weighted by Crippen LogP contribution is -2.40. The van der Waals surface area contributed by atoms with Crippen LogP contribution in [0.15, 0.2) is 47.3 Å². The molecule has 1 amide bonds. The van der Waals surface area contributed by atoms with Crippen molar-refractivity contribution in [3.63, 3.8) is 0 Å². The summed E-state index contributed by atoms with van der Waals surface area (Å²) in [6, 6.07) is 13.6. The smallest absolute Gasteiger partial charge is 0.258 e. The molecule has 7 heteroatoms. The van der Waals surface area contributed by atoms with Gasteiger partial charge in [0.15, 0.2) is 0 Å². The number of anilines is 1. The van der Waals surface area contributed by atoms with E-state index < -0.39 is 0 Å². The van der Waals surface area contributed by atoms with E-state index in [1.54, 1.807) is 6.92 Å². The minimum absolute atomic E-state index is 0.0606. The highest BCUT2D eigenvalue weighted by molar-refractivity contribution is 5.94. The Morgan fingerprint density at radius 3 is 2.82 bits per heavy atom. The maximum atomic E-state index is 12.7. The van der Waals surface area contributed by atoms with Crippen LogP contribution in [0.25, 0.3) is 10.9 Å². The van der Waals surface area contributed by atoms with Crippen LogP contribution in [-0.4, -0.2) is 53.0 Å². The minimum atomic E-state index is -0.150. The van der Waals surface area contributed by atoms with Crippen molar-refractivity contribution in [2.75, 3.05) is 31.1 Å². The molecule has 1 fully saturated rings. The number of benzene rings is 2. The highest BCUT2D eigenvalue weighted by Crippen LogP contribution is 2.20. The Morgan fingerprint density at radius 2 is 2.09 bits per heavy atom. The lowest BCUT2D eigenvalue weighted by atomic mass is 10.1. The van der Waals surface area contributed by atoms with E-state index in [9.17, 15) is 9.59 Å². The molecule has 7 nitrogen and oxygen atoms in total. The number of nitrogens with zero attached hydrogens (tertiary/aromatic N) is 3. The fourth-order valence-electron chi connectivity index (χ4n) is 4.65. The van der Waals surface area contributed by atoms with Crippen LogP contribution < -0.4 is 15.8 Å². The van der Waals surface area contributed by atoms with Crippen LogP contribution in [0.3, 0.4) is 0 Å². The van der Waals surface area contributed by atoms with E-state index in [0.717, 1.165) is 30.8 Å². The molecule has 1 saturated heterocycles. The third kappa shape index (κ3) is 5.29. The predicted octanol–water partition coefficient (Wildman–Crippen LogP) is 3.09. The average Bonchev–Trinajstić information content (AvgIpc) is 3.30. The fraction of sp³-hybridized carbons (Fsp3) is 0.370. The maximum absolute atomic E-state index is 12.7. The molecule has 34 heavy (non-hydrogen) atoms. The highest BCUT2D eigenvalue weighted by atomic mass is 16.1. The molecule has 0 radical (unpaired) electrons. The first-order chi connectivity index (χ1) is 16.5. The third-order valence-corrected chi connectivity index (χ3v) is 6.44. The molecule has 2 aromatic carbocycles. The summed E-state index contributed by atoms with van der Waals surface area (Å²) >= 11 is 0. The van der Waals surface area contributed by atoms with Crippen molar-refractivity contribution in [2.24, 2.45) is 0 Å². The molecule has 0 spiro atoms. The van der Waals surface area contributed by atoms with Gasteiger partial charge in [-0.1, -0.05) is 18.9 Å². The van der Waals surface area contributed by atoms with Crippen LogP contribution in [-0.2, 0) is 6.54 Å². The lowest BCUT2D eigenvalue weighted by molar-refractivity contribution is 0.0941. The standard InChI is InChI=1S/C27H31N5O2/c1-4-14-32(18-20-8-13-25-24(16-20)27(34)30-19(3)29-25)22-11-9-21(10-12-22)26(33)28-17-23-7-6-15-31(23)5-2/h1,8-13,16,23H,5-7,14-15,17-18H2,2-3H3,(H,28,33)(H,29,30,34). The SMILES string of the molecule is C#CCN(Cc1ccc2nc(C)[nH]c(=O)c2c1)c1ccc(C(=O)NCC2CCCN2CC)cc1. The molecule has 2 N–H and O–H groups in total. The van der Waals surface area contributed by atoms with Crippen LogP contribution in [0, 0.1) is 19.3 Å². The van der Waals surface area contributed by atoms with Gasteiger partial charge in [-0.25, -0.2) is 4.98 Å². The molecule has 1 aliphatic heterocycles. The number of rotatable bonds is 8. The van der Waals surface area contributed by atoms with Gasteiger partial charge in [0.25, 0.3) is 11.5 Å². The number of aromatic amines is 1. The molecule has 176 valence electrons. The molecule has 2 heterocycles. The van der Waals surface area contributed by atoms with Gasteiger partial charge >= 0.3 is 0 Å². The van der Waals surface area contributed by atoms with Gasteiger partial charge < -0.3 is 15.2 Å². The number of hydrogen-bond donors (Lipinski definition) is 2. The number of hydrogen-bond acceptors (Lipinski definition) is 5. The number of likely N-dealkylation sites (N-methyl/N-ethyl adjacent to an activating group) is 1. The summed E-state index contributed by atoms with van der Waals surface area (Å²) in [5.74, 6) is 3.23. The average molecular weight is 458 g/mol. The van der Waals surface area contributed by atoms with Gasteiger partial charge in [-0.2, -0.15) is 0 Å². The second kappa shape index (κ2) is 10.5. The van der Waals surface area contributed by atoms with E-state index in [4.69, 9.17) is 6.42 Å². The molecule has 1 atom stereocenters. The van der Waals surface area contributed by atoms with Gasteiger partial charge in [-0.05, 0) is 74.8 Å². The van der Waals surface area contributed by atoms with E-state index in [1.807, 2.05) is 47.4 Å². The molecule has 4 rings (SSSR count). The highest BCUT2D eigenvalue weighted by Gasteiger charge is 2.23. The minimum Gasteiger partial charge on any atom is -0.356 e. The Labute approximate surface area is 200 Å². The second-order valence-electron chi connectivity index (χ2n) is 8.74. The van der Waals surface area contributed by atoms with Crippen molar-refractivity contribution in [2.45, 2.75) is 39.3 Å². The van der Waals surface area contributed by atoms with Crippen molar-refractivity contribution >= 4 is 22.5 Å². The van der Waals surface area contributed by atoms with Crippen molar-refractivity contribution in [1.82, 2.24) is 20.2 Å². The summed E-state index contributed by atoms with van der Waals surface area (Å²) < 4.78 is 0. The number of aryl methyl sites for hydroxylation is 1. The Hall–Kier alpha value is -3.63. The Morgan fingerprint density at radius 1 is 1.29 bits per heavy atom. The molecule has 0 bridgehead atoms. The number of terminal acetylenes is 1. The van der Waals surface area contributed by atoms with Gasteiger partial charge in [-0.3, -0.25) is 14.5 Å². The van der Waals surface area contributed by atoms with E-state index >= 15 is 0 Å². The monoisotopic (exact) mass is 457 g/mol. The molecule has 1 unspecified atom stereocenters. The van der Waals surface area contributed by atoms with E-state index in [-0.39, 0.29) is 11.5 Å². The van der Waals surface area contributed by atoms with Crippen LogP contribution in [0.1, 0.15) is 41.5 Å². The zero-order chi connectivity index (χ0) is 24.1. The number of fused-ring (bicyclic) bond motifs is 1. The Balaban J connectivity index is 1.45. The molecule has 0 saturated carbocycles. The summed E-state index contributed by atoms with van der Waals surface area (Å²) in [6.45, 7) is 7.66. The van der Waals surface area contributed by atoms with Gasteiger partial charge in [-0.15, -0.1) is 6.42 Å². The second-order valence-corrected chi connectivity index (χ2v) is 8.74. The number of carbonyl (C=O) groups is 1. The molecular weight excluding hydrogens is 426 g/mol. The van der Waals surface area contributed by atoms with E-state index in [1.165, 1.54) is 6.42 Å². The maximum Gasteiger partial charge on any atom is 0.258 e. The summed E-state index contributed by atoms with van der Waals surface area (Å²) in [5.41, 5.74) is 3.02. The Kier molecular flexibility index (Phi) is 7.29. The van der Waals surface area contributed by atoms with Crippen molar-refractivity contribution < 1.29 is 4.79 Å². The quantitative estimate of drug-likeness (QED) is 0.508. The zero-order valence-electron chi connectivity index (χ0n) is 19.8.